The molecule has 0 unspecified atom stereocenters. The second-order valence-electron chi connectivity index (χ2n) is 5.80. The number of hydrogen-bond acceptors (Lipinski definition) is 4. The summed E-state index contributed by atoms with van der Waals surface area (Å²) < 4.78 is 2.01. The maximum atomic E-state index is 6.07. The lowest BCUT2D eigenvalue weighted by Crippen LogP contribution is -2.46. The predicted octanol–water partition coefficient (Wildman–Crippen LogP) is 2.70. The third kappa shape index (κ3) is 3.02. The van der Waals surface area contributed by atoms with Crippen LogP contribution in [-0.2, 0) is 6.54 Å². The Kier molecular flexibility index (Phi) is 3.89. The van der Waals surface area contributed by atoms with Gasteiger partial charge >= 0.3 is 0 Å². The van der Waals surface area contributed by atoms with Crippen LogP contribution in [0.1, 0.15) is 5.56 Å². The maximum Gasteiger partial charge on any atom is 0.180 e. The van der Waals surface area contributed by atoms with Crippen molar-refractivity contribution in [2.45, 2.75) is 6.54 Å². The van der Waals surface area contributed by atoms with Crippen molar-refractivity contribution in [3.63, 3.8) is 0 Å². The number of rotatable bonds is 3. The molecule has 0 radical (unpaired) electrons. The topological polar surface area (TPSA) is 36.7 Å². The van der Waals surface area contributed by atoms with Gasteiger partial charge in [0, 0.05) is 62.5 Å². The van der Waals surface area contributed by atoms with Gasteiger partial charge in [0.05, 0.1) is 0 Å². The van der Waals surface area contributed by atoms with Crippen LogP contribution in [0.4, 0.5) is 5.82 Å². The summed E-state index contributed by atoms with van der Waals surface area (Å²) in [4.78, 5) is 13.7. The normalized spacial score (nSPS) is 16.1. The summed E-state index contributed by atoms with van der Waals surface area (Å²) in [6.45, 7) is 4.88. The Hall–Kier alpha value is -2.11. The summed E-state index contributed by atoms with van der Waals surface area (Å²) >= 11 is 6.07. The molecule has 2 aromatic heterocycles. The molecule has 1 aliphatic rings. The number of aromatic nitrogens is 3. The fraction of sp³-hybridized carbons (Fsp3) is 0.294. The molecule has 1 aromatic carbocycles. The van der Waals surface area contributed by atoms with Gasteiger partial charge in [-0.3, -0.25) is 4.90 Å². The van der Waals surface area contributed by atoms with Crippen molar-refractivity contribution in [2.24, 2.45) is 0 Å². The van der Waals surface area contributed by atoms with E-state index in [2.05, 4.69) is 25.8 Å². The first-order chi connectivity index (χ1) is 11.3. The summed E-state index contributed by atoms with van der Waals surface area (Å²) in [6.07, 6.45) is 7.54. The Morgan fingerprint density at radius 3 is 2.57 bits per heavy atom. The summed E-state index contributed by atoms with van der Waals surface area (Å²) in [5.74, 6) is 0.972. The third-order valence-electron chi connectivity index (χ3n) is 4.26. The summed E-state index contributed by atoms with van der Waals surface area (Å²) in [6, 6.07) is 8.10. The van der Waals surface area contributed by atoms with Crippen LogP contribution in [0.3, 0.4) is 0 Å². The van der Waals surface area contributed by atoms with Gasteiger partial charge in [-0.1, -0.05) is 23.7 Å². The van der Waals surface area contributed by atoms with Crippen LogP contribution in [0.2, 0.25) is 5.02 Å². The first kappa shape index (κ1) is 14.5. The van der Waals surface area contributed by atoms with Gasteiger partial charge in [0.1, 0.15) is 0 Å². The fourth-order valence-electron chi connectivity index (χ4n) is 3.07. The molecule has 1 saturated heterocycles. The van der Waals surface area contributed by atoms with Gasteiger partial charge in [-0.2, -0.15) is 0 Å². The van der Waals surface area contributed by atoms with Gasteiger partial charge < -0.3 is 9.30 Å². The largest absolute Gasteiger partial charge is 0.351 e. The van der Waals surface area contributed by atoms with Gasteiger partial charge in [-0.05, 0) is 17.7 Å². The van der Waals surface area contributed by atoms with E-state index in [1.165, 1.54) is 5.56 Å². The molecule has 6 heteroatoms. The lowest BCUT2D eigenvalue weighted by Gasteiger charge is -2.35. The molecule has 0 N–H and O–H groups in total. The van der Waals surface area contributed by atoms with Crippen LogP contribution >= 0.6 is 11.6 Å². The Labute approximate surface area is 140 Å². The Morgan fingerprint density at radius 2 is 1.78 bits per heavy atom. The molecule has 0 saturated carbocycles. The van der Waals surface area contributed by atoms with E-state index in [-0.39, 0.29) is 0 Å². The minimum absolute atomic E-state index is 0.802. The van der Waals surface area contributed by atoms with Crippen LogP contribution in [0.5, 0.6) is 0 Å². The predicted molar refractivity (Wildman–Crippen MR) is 91.9 cm³/mol. The number of benzene rings is 1. The first-order valence-corrected chi connectivity index (χ1v) is 8.17. The third-order valence-corrected chi connectivity index (χ3v) is 4.49. The van der Waals surface area contributed by atoms with Gasteiger partial charge in [0.2, 0.25) is 0 Å². The minimum Gasteiger partial charge on any atom is -0.351 e. The number of fused-ring (bicyclic) bond motifs is 1. The second kappa shape index (κ2) is 6.18. The lowest BCUT2D eigenvalue weighted by molar-refractivity contribution is 0.249. The Balaban J connectivity index is 1.44. The van der Waals surface area contributed by atoms with Crippen LogP contribution in [0.25, 0.3) is 5.65 Å². The molecule has 5 nitrogen and oxygen atoms in total. The number of anilines is 1. The zero-order valence-corrected chi connectivity index (χ0v) is 13.5. The SMILES string of the molecule is Clc1cccc(CN2CCN(c3nccn4ccnc34)CC2)c1. The number of imidazole rings is 1. The average Bonchev–Trinajstić information content (AvgIpc) is 3.04. The summed E-state index contributed by atoms with van der Waals surface area (Å²) in [7, 11) is 0. The summed E-state index contributed by atoms with van der Waals surface area (Å²) in [5.41, 5.74) is 2.19. The standard InChI is InChI=1S/C17H18ClN5/c18-15-3-1-2-14(12-15)13-21-8-10-23(11-9-21)17-16-19-4-6-22(16)7-5-20-17/h1-7,12H,8-11,13H2. The van der Waals surface area contributed by atoms with E-state index in [4.69, 9.17) is 11.6 Å². The van der Waals surface area contributed by atoms with E-state index >= 15 is 0 Å². The second-order valence-corrected chi connectivity index (χ2v) is 6.24. The van der Waals surface area contributed by atoms with Gasteiger partial charge in [0.25, 0.3) is 0 Å². The van der Waals surface area contributed by atoms with E-state index in [1.807, 2.05) is 47.4 Å². The van der Waals surface area contributed by atoms with Crippen LogP contribution in [0, 0.1) is 0 Å². The van der Waals surface area contributed by atoms with E-state index in [0.29, 0.717) is 0 Å². The smallest absolute Gasteiger partial charge is 0.180 e. The molecule has 0 spiro atoms. The molecular weight excluding hydrogens is 310 g/mol. The van der Waals surface area contributed by atoms with Gasteiger partial charge in [-0.15, -0.1) is 0 Å². The molecule has 0 amide bonds. The molecule has 0 aliphatic carbocycles. The molecule has 0 atom stereocenters. The quantitative estimate of drug-likeness (QED) is 0.741. The van der Waals surface area contributed by atoms with Crippen LogP contribution < -0.4 is 4.90 Å². The lowest BCUT2D eigenvalue weighted by atomic mass is 10.2. The van der Waals surface area contributed by atoms with Gasteiger partial charge in [0.15, 0.2) is 11.5 Å². The zero-order valence-electron chi connectivity index (χ0n) is 12.8. The molecule has 3 heterocycles. The first-order valence-electron chi connectivity index (χ1n) is 7.79. The average molecular weight is 328 g/mol. The van der Waals surface area contributed by atoms with Crippen molar-refractivity contribution in [1.29, 1.82) is 0 Å². The molecule has 23 heavy (non-hydrogen) atoms. The highest BCUT2D eigenvalue weighted by atomic mass is 35.5. The molecular formula is C17H18ClN5. The molecule has 118 valence electrons. The summed E-state index contributed by atoms with van der Waals surface area (Å²) in [5, 5.41) is 0.802. The number of halogens is 1. The van der Waals surface area contributed by atoms with Crippen molar-refractivity contribution in [1.82, 2.24) is 19.3 Å². The number of nitrogens with zero attached hydrogens (tertiary/aromatic N) is 5. The molecule has 4 rings (SSSR count). The van der Waals surface area contributed by atoms with E-state index in [0.717, 1.165) is 49.2 Å². The molecule has 1 fully saturated rings. The van der Waals surface area contributed by atoms with Crippen LogP contribution in [-0.4, -0.2) is 45.4 Å². The van der Waals surface area contributed by atoms with Crippen LogP contribution in [0.15, 0.2) is 49.1 Å². The monoisotopic (exact) mass is 327 g/mol. The highest BCUT2D eigenvalue weighted by Gasteiger charge is 2.20. The van der Waals surface area contributed by atoms with Crippen molar-refractivity contribution in [2.75, 3.05) is 31.1 Å². The van der Waals surface area contributed by atoms with E-state index in [9.17, 15) is 0 Å². The van der Waals surface area contributed by atoms with Crippen molar-refractivity contribution < 1.29 is 0 Å². The molecule has 1 aliphatic heterocycles. The van der Waals surface area contributed by atoms with Crippen molar-refractivity contribution in [3.05, 3.63) is 59.6 Å². The Bertz CT molecular complexity index is 807. The Morgan fingerprint density at radius 1 is 1.00 bits per heavy atom. The zero-order chi connectivity index (χ0) is 15.6. The van der Waals surface area contributed by atoms with E-state index < -0.39 is 0 Å². The fourth-order valence-corrected chi connectivity index (χ4v) is 3.29. The number of hydrogen-bond donors (Lipinski definition) is 0. The van der Waals surface area contributed by atoms with Gasteiger partial charge in [-0.25, -0.2) is 9.97 Å². The van der Waals surface area contributed by atoms with E-state index in [1.54, 1.807) is 0 Å². The van der Waals surface area contributed by atoms with Crippen molar-refractivity contribution >= 4 is 23.1 Å². The highest BCUT2D eigenvalue weighted by Crippen LogP contribution is 2.20. The number of piperazine rings is 1. The van der Waals surface area contributed by atoms with Crippen molar-refractivity contribution in [3.8, 4) is 0 Å². The minimum atomic E-state index is 0.802. The molecule has 0 bridgehead atoms. The maximum absolute atomic E-state index is 6.07. The molecule has 3 aromatic rings. The highest BCUT2D eigenvalue weighted by molar-refractivity contribution is 6.30.